The van der Waals surface area contributed by atoms with Gasteiger partial charge in [-0.25, -0.2) is 0 Å². The van der Waals surface area contributed by atoms with Gasteiger partial charge < -0.3 is 16.0 Å². The van der Waals surface area contributed by atoms with Crippen molar-refractivity contribution < 1.29 is 4.79 Å². The molecule has 3 atom stereocenters. The molecule has 0 radical (unpaired) electrons. The SMILES string of the molecule is CC(CC(=O)N1C[C@@H](N)[C@H](c2ccccc2)C1)C1CCNCC1. The molecule has 0 bridgehead atoms. The summed E-state index contributed by atoms with van der Waals surface area (Å²) in [4.78, 5) is 14.7. The summed E-state index contributed by atoms with van der Waals surface area (Å²) < 4.78 is 0. The standard InChI is InChI=1S/C19H29N3O/c1-14(15-7-9-21-10-8-15)11-19(23)22-12-17(18(20)13-22)16-5-3-2-4-6-16/h2-6,14-15,17-18,21H,7-13,20H2,1H3/t14?,17-,18+/m0/s1. The lowest BCUT2D eigenvalue weighted by Gasteiger charge is -2.29. The molecule has 2 heterocycles. The van der Waals surface area contributed by atoms with Crippen LogP contribution in [0.1, 0.15) is 37.7 Å². The molecule has 126 valence electrons. The first-order valence-electron chi connectivity index (χ1n) is 8.94. The molecule has 0 aromatic heterocycles. The van der Waals surface area contributed by atoms with Gasteiger partial charge in [0.25, 0.3) is 0 Å². The largest absolute Gasteiger partial charge is 0.340 e. The molecule has 0 saturated carbocycles. The molecule has 1 aromatic rings. The van der Waals surface area contributed by atoms with Gasteiger partial charge in [0, 0.05) is 31.5 Å². The molecule has 3 N–H and O–H groups in total. The average molecular weight is 315 g/mol. The van der Waals surface area contributed by atoms with E-state index < -0.39 is 0 Å². The second-order valence-corrected chi connectivity index (χ2v) is 7.25. The van der Waals surface area contributed by atoms with Gasteiger partial charge in [0.15, 0.2) is 0 Å². The number of rotatable bonds is 4. The molecule has 23 heavy (non-hydrogen) atoms. The van der Waals surface area contributed by atoms with Gasteiger partial charge in [-0.15, -0.1) is 0 Å². The predicted octanol–water partition coefficient (Wildman–Crippen LogP) is 1.97. The van der Waals surface area contributed by atoms with Gasteiger partial charge in [0.2, 0.25) is 5.91 Å². The number of likely N-dealkylation sites (tertiary alicyclic amines) is 1. The van der Waals surface area contributed by atoms with E-state index in [-0.39, 0.29) is 17.9 Å². The van der Waals surface area contributed by atoms with Gasteiger partial charge in [-0.2, -0.15) is 0 Å². The third kappa shape index (κ3) is 3.93. The normalized spacial score (nSPS) is 27.1. The Labute approximate surface area is 139 Å². The first-order chi connectivity index (χ1) is 11.1. The molecule has 2 saturated heterocycles. The molecule has 2 aliphatic rings. The smallest absolute Gasteiger partial charge is 0.222 e. The van der Waals surface area contributed by atoms with Crippen molar-refractivity contribution in [3.05, 3.63) is 35.9 Å². The van der Waals surface area contributed by atoms with Crippen LogP contribution in [0, 0.1) is 11.8 Å². The summed E-state index contributed by atoms with van der Waals surface area (Å²) in [5.74, 6) is 1.71. The van der Waals surface area contributed by atoms with Crippen LogP contribution in [0.15, 0.2) is 30.3 Å². The first kappa shape index (κ1) is 16.5. The van der Waals surface area contributed by atoms with Crippen molar-refractivity contribution >= 4 is 5.91 Å². The van der Waals surface area contributed by atoms with Gasteiger partial charge in [-0.3, -0.25) is 4.79 Å². The van der Waals surface area contributed by atoms with Crippen molar-refractivity contribution in [2.75, 3.05) is 26.2 Å². The van der Waals surface area contributed by atoms with Crippen molar-refractivity contribution in [1.82, 2.24) is 10.2 Å². The zero-order valence-corrected chi connectivity index (χ0v) is 14.1. The highest BCUT2D eigenvalue weighted by atomic mass is 16.2. The highest BCUT2D eigenvalue weighted by molar-refractivity contribution is 5.77. The summed E-state index contributed by atoms with van der Waals surface area (Å²) in [5.41, 5.74) is 7.56. The van der Waals surface area contributed by atoms with Crippen molar-refractivity contribution in [2.45, 2.75) is 38.1 Å². The Hall–Kier alpha value is -1.39. The van der Waals surface area contributed by atoms with E-state index in [4.69, 9.17) is 5.73 Å². The zero-order valence-electron chi connectivity index (χ0n) is 14.1. The Morgan fingerprint density at radius 3 is 2.65 bits per heavy atom. The van der Waals surface area contributed by atoms with E-state index in [9.17, 15) is 4.79 Å². The van der Waals surface area contributed by atoms with Crippen LogP contribution in [0.5, 0.6) is 0 Å². The van der Waals surface area contributed by atoms with E-state index in [0.29, 0.717) is 24.8 Å². The monoisotopic (exact) mass is 315 g/mol. The van der Waals surface area contributed by atoms with Crippen molar-refractivity contribution in [3.8, 4) is 0 Å². The average Bonchev–Trinajstić information content (AvgIpc) is 2.98. The summed E-state index contributed by atoms with van der Waals surface area (Å²) >= 11 is 0. The number of piperidine rings is 1. The second-order valence-electron chi connectivity index (χ2n) is 7.25. The summed E-state index contributed by atoms with van der Waals surface area (Å²) in [6.45, 7) is 5.88. The molecule has 2 aliphatic heterocycles. The van der Waals surface area contributed by atoms with Crippen molar-refractivity contribution in [1.29, 1.82) is 0 Å². The number of carbonyl (C=O) groups is 1. The minimum atomic E-state index is 0.0514. The molecular formula is C19H29N3O. The van der Waals surface area contributed by atoms with Crippen LogP contribution in [0.4, 0.5) is 0 Å². The fourth-order valence-corrected chi connectivity index (χ4v) is 4.07. The topological polar surface area (TPSA) is 58.4 Å². The third-order valence-electron chi connectivity index (χ3n) is 5.63. The van der Waals surface area contributed by atoms with Gasteiger partial charge in [0.1, 0.15) is 0 Å². The van der Waals surface area contributed by atoms with Gasteiger partial charge in [0.05, 0.1) is 0 Å². The van der Waals surface area contributed by atoms with E-state index in [1.807, 2.05) is 23.1 Å². The molecule has 0 aliphatic carbocycles. The zero-order chi connectivity index (χ0) is 16.2. The van der Waals surface area contributed by atoms with E-state index in [1.165, 1.54) is 18.4 Å². The van der Waals surface area contributed by atoms with Crippen LogP contribution in [-0.2, 0) is 4.79 Å². The minimum absolute atomic E-state index is 0.0514. The van der Waals surface area contributed by atoms with Crippen molar-refractivity contribution in [2.24, 2.45) is 17.6 Å². The highest BCUT2D eigenvalue weighted by Gasteiger charge is 2.34. The minimum Gasteiger partial charge on any atom is -0.340 e. The van der Waals surface area contributed by atoms with Crippen LogP contribution in [0.25, 0.3) is 0 Å². The fraction of sp³-hybridized carbons (Fsp3) is 0.632. The number of hydrogen-bond donors (Lipinski definition) is 2. The van der Waals surface area contributed by atoms with Crippen LogP contribution in [0.3, 0.4) is 0 Å². The molecule has 2 fully saturated rings. The Morgan fingerprint density at radius 1 is 1.26 bits per heavy atom. The molecule has 0 spiro atoms. The Morgan fingerprint density at radius 2 is 1.96 bits per heavy atom. The number of amides is 1. The molecule has 1 unspecified atom stereocenters. The van der Waals surface area contributed by atoms with Crippen LogP contribution >= 0.6 is 0 Å². The molecule has 1 amide bonds. The quantitative estimate of drug-likeness (QED) is 0.893. The van der Waals surface area contributed by atoms with E-state index in [2.05, 4.69) is 24.4 Å². The van der Waals surface area contributed by atoms with Crippen LogP contribution in [-0.4, -0.2) is 43.0 Å². The Balaban J connectivity index is 1.56. The Bertz CT molecular complexity index is 513. The van der Waals surface area contributed by atoms with Crippen LogP contribution in [0.2, 0.25) is 0 Å². The Kier molecular flexibility index (Phi) is 5.34. The number of benzene rings is 1. The lowest BCUT2D eigenvalue weighted by atomic mass is 9.84. The number of nitrogens with two attached hydrogens (primary N) is 1. The van der Waals surface area contributed by atoms with Gasteiger partial charge in [-0.1, -0.05) is 37.3 Å². The van der Waals surface area contributed by atoms with Gasteiger partial charge >= 0.3 is 0 Å². The molecule has 3 rings (SSSR count). The molecule has 4 heteroatoms. The maximum atomic E-state index is 12.7. The van der Waals surface area contributed by atoms with Crippen molar-refractivity contribution in [3.63, 3.8) is 0 Å². The van der Waals surface area contributed by atoms with Crippen LogP contribution < -0.4 is 11.1 Å². The molecular weight excluding hydrogens is 286 g/mol. The highest BCUT2D eigenvalue weighted by Crippen LogP contribution is 2.29. The van der Waals surface area contributed by atoms with E-state index >= 15 is 0 Å². The predicted molar refractivity (Wildman–Crippen MR) is 93.1 cm³/mol. The number of hydrogen-bond acceptors (Lipinski definition) is 3. The summed E-state index contributed by atoms with van der Waals surface area (Å²) in [6.07, 6.45) is 3.06. The first-order valence-corrected chi connectivity index (χ1v) is 8.94. The van der Waals surface area contributed by atoms with E-state index in [0.717, 1.165) is 19.6 Å². The molecule has 4 nitrogen and oxygen atoms in total. The summed E-state index contributed by atoms with van der Waals surface area (Å²) in [5, 5.41) is 3.40. The lowest BCUT2D eigenvalue weighted by molar-refractivity contribution is -0.131. The van der Waals surface area contributed by atoms with E-state index in [1.54, 1.807) is 0 Å². The summed E-state index contributed by atoms with van der Waals surface area (Å²) in [7, 11) is 0. The third-order valence-corrected chi connectivity index (χ3v) is 5.63. The van der Waals surface area contributed by atoms with Gasteiger partial charge in [-0.05, 0) is 43.3 Å². The second kappa shape index (κ2) is 7.45. The number of carbonyl (C=O) groups excluding carboxylic acids is 1. The molecule has 1 aromatic carbocycles. The maximum Gasteiger partial charge on any atom is 0.222 e. The number of nitrogens with zero attached hydrogens (tertiary/aromatic N) is 1. The summed E-state index contributed by atoms with van der Waals surface area (Å²) in [6, 6.07) is 10.4. The maximum absolute atomic E-state index is 12.7. The lowest BCUT2D eigenvalue weighted by Crippen LogP contribution is -2.35. The number of nitrogens with one attached hydrogen (secondary N) is 1. The fourth-order valence-electron chi connectivity index (χ4n) is 4.07.